The summed E-state index contributed by atoms with van der Waals surface area (Å²) in [6, 6.07) is 28.2. The molecule has 0 saturated carbocycles. The van der Waals surface area contributed by atoms with E-state index >= 15 is 0 Å². The van der Waals surface area contributed by atoms with E-state index in [1.807, 2.05) is 84.9 Å². The molecular formula is C44H53Cl2N9O4. The fraction of sp³-hybridized carbons (Fsp3) is 0.318. The number of primary amides is 1. The second kappa shape index (κ2) is 23.0. The molecule has 4 rings (SSSR count). The molecule has 2 amide bonds. The lowest BCUT2D eigenvalue weighted by atomic mass is 9.89. The van der Waals surface area contributed by atoms with Crippen molar-refractivity contribution in [3.8, 4) is 22.3 Å². The van der Waals surface area contributed by atoms with Gasteiger partial charge in [-0.25, -0.2) is 0 Å². The number of nitrogens with zero attached hydrogens (tertiary/aromatic N) is 2. The van der Waals surface area contributed by atoms with Gasteiger partial charge in [-0.15, -0.1) is 0 Å². The average molecular weight is 843 g/mol. The van der Waals surface area contributed by atoms with Gasteiger partial charge in [0.15, 0.2) is 23.5 Å². The van der Waals surface area contributed by atoms with E-state index in [-0.39, 0.29) is 69.3 Å². The van der Waals surface area contributed by atoms with Crippen molar-refractivity contribution in [2.24, 2.45) is 56.2 Å². The molecule has 0 spiro atoms. The van der Waals surface area contributed by atoms with Crippen LogP contribution in [0.1, 0.15) is 49.7 Å². The van der Waals surface area contributed by atoms with Crippen LogP contribution in [0.4, 0.5) is 0 Å². The lowest BCUT2D eigenvalue weighted by molar-refractivity contribution is -0.134. The van der Waals surface area contributed by atoms with Crippen LogP contribution in [0, 0.1) is 11.8 Å². The Balaban J connectivity index is 1.53. The first-order valence-corrected chi connectivity index (χ1v) is 20.1. The number of ketones is 2. The van der Waals surface area contributed by atoms with Crippen molar-refractivity contribution in [2.75, 3.05) is 13.1 Å². The minimum absolute atomic E-state index is 0.0854. The normalized spacial score (nSPS) is 13.0. The molecule has 4 atom stereocenters. The standard InChI is InChI=1S/C44H53Cl2N9O4/c45-35-17-13-31(14-18-35)29-9-5-27(6-10-29)23-37(47)39(56)26-34(4-2-22-54-44(51)52)42(59)55-38(40(57)25-33(41(48)58)3-1-21-53-43(49)50)24-28-7-11-30(12-8-28)32-15-19-36(46)20-16-32/h5-20,33-34,37-38H,1-4,21-26,47H2,(H2,48,58)(H,55,59)(H4,49,50,53)(H4,51,52,54)/t33-,34-,37-,38+/m1/s1. The predicted octanol–water partition coefficient (Wildman–Crippen LogP) is 4.67. The van der Waals surface area contributed by atoms with E-state index in [4.69, 9.17) is 57.6 Å². The van der Waals surface area contributed by atoms with E-state index in [1.54, 1.807) is 12.1 Å². The molecule has 13 nitrogen and oxygen atoms in total. The van der Waals surface area contributed by atoms with Gasteiger partial charge in [0.2, 0.25) is 11.8 Å². The number of benzene rings is 4. The number of hydrogen-bond acceptors (Lipinski definition) is 7. The highest BCUT2D eigenvalue weighted by atomic mass is 35.5. The molecule has 312 valence electrons. The maximum absolute atomic E-state index is 14.2. The van der Waals surface area contributed by atoms with Gasteiger partial charge in [0.05, 0.1) is 12.1 Å². The van der Waals surface area contributed by atoms with Gasteiger partial charge in [-0.3, -0.25) is 29.2 Å². The van der Waals surface area contributed by atoms with E-state index < -0.39 is 41.5 Å². The van der Waals surface area contributed by atoms with E-state index in [0.29, 0.717) is 22.9 Å². The molecule has 0 bridgehead atoms. The number of nitrogens with two attached hydrogens (primary N) is 6. The van der Waals surface area contributed by atoms with Gasteiger partial charge in [-0.1, -0.05) is 96.0 Å². The molecule has 15 heteroatoms. The van der Waals surface area contributed by atoms with Crippen molar-refractivity contribution >= 4 is 58.5 Å². The van der Waals surface area contributed by atoms with E-state index in [0.717, 1.165) is 33.4 Å². The smallest absolute Gasteiger partial charge is 0.224 e. The lowest BCUT2D eigenvalue weighted by Crippen LogP contribution is -2.47. The largest absolute Gasteiger partial charge is 0.370 e. The molecule has 0 aromatic heterocycles. The molecule has 0 saturated heterocycles. The molecule has 0 radical (unpaired) electrons. The number of halogens is 2. The Labute approximate surface area is 355 Å². The monoisotopic (exact) mass is 841 g/mol. The number of carbonyl (C=O) groups excluding carboxylic acids is 4. The first kappa shape index (κ1) is 45.9. The minimum atomic E-state index is -1.05. The molecule has 4 aromatic carbocycles. The van der Waals surface area contributed by atoms with Gasteiger partial charge < -0.3 is 39.7 Å². The summed E-state index contributed by atoms with van der Waals surface area (Å²) in [5.74, 6) is -3.74. The molecule has 13 N–H and O–H groups in total. The van der Waals surface area contributed by atoms with Crippen LogP contribution in [-0.4, -0.2) is 60.5 Å². The predicted molar refractivity (Wildman–Crippen MR) is 236 cm³/mol. The van der Waals surface area contributed by atoms with Gasteiger partial charge >= 0.3 is 0 Å². The third kappa shape index (κ3) is 15.5. The minimum Gasteiger partial charge on any atom is -0.370 e. The highest BCUT2D eigenvalue weighted by molar-refractivity contribution is 6.31. The van der Waals surface area contributed by atoms with Crippen molar-refractivity contribution < 1.29 is 19.2 Å². The summed E-state index contributed by atoms with van der Waals surface area (Å²) in [6.45, 7) is 0.488. The number of carbonyl (C=O) groups is 4. The first-order chi connectivity index (χ1) is 28.2. The summed E-state index contributed by atoms with van der Waals surface area (Å²) in [7, 11) is 0. The summed E-state index contributed by atoms with van der Waals surface area (Å²) in [4.78, 5) is 62.3. The van der Waals surface area contributed by atoms with Crippen LogP contribution in [0.2, 0.25) is 10.0 Å². The summed E-state index contributed by atoms with van der Waals surface area (Å²) in [5.41, 5.74) is 39.5. The average Bonchev–Trinajstić information content (AvgIpc) is 3.20. The molecule has 0 fully saturated rings. The quantitative estimate of drug-likeness (QED) is 0.0311. The Morgan fingerprint density at radius 2 is 0.932 bits per heavy atom. The third-order valence-electron chi connectivity index (χ3n) is 9.96. The molecule has 59 heavy (non-hydrogen) atoms. The Morgan fingerprint density at radius 3 is 1.36 bits per heavy atom. The second-order valence-corrected chi connectivity index (χ2v) is 15.4. The third-order valence-corrected chi connectivity index (χ3v) is 10.5. The van der Waals surface area contributed by atoms with Crippen molar-refractivity contribution in [1.29, 1.82) is 0 Å². The lowest BCUT2D eigenvalue weighted by Gasteiger charge is -2.24. The van der Waals surface area contributed by atoms with Gasteiger partial charge in [-0.2, -0.15) is 0 Å². The maximum atomic E-state index is 14.2. The zero-order chi connectivity index (χ0) is 42.9. The van der Waals surface area contributed by atoms with Gasteiger partial charge in [0.1, 0.15) is 0 Å². The van der Waals surface area contributed by atoms with Crippen LogP contribution in [0.25, 0.3) is 22.3 Å². The molecule has 0 unspecified atom stereocenters. The summed E-state index contributed by atoms with van der Waals surface area (Å²) in [6.07, 6.45) is 1.27. The number of amides is 2. The summed E-state index contributed by atoms with van der Waals surface area (Å²) >= 11 is 12.1. The molecule has 0 aliphatic carbocycles. The van der Waals surface area contributed by atoms with Gasteiger partial charge in [-0.05, 0) is 96.2 Å². The van der Waals surface area contributed by atoms with Crippen molar-refractivity contribution in [1.82, 2.24) is 5.32 Å². The number of rotatable bonds is 23. The maximum Gasteiger partial charge on any atom is 0.224 e. The molecule has 0 aliphatic rings. The van der Waals surface area contributed by atoms with Gasteiger partial charge in [0, 0.05) is 47.8 Å². The van der Waals surface area contributed by atoms with E-state index in [1.165, 1.54) is 0 Å². The molecule has 4 aromatic rings. The van der Waals surface area contributed by atoms with Crippen LogP contribution in [-0.2, 0) is 32.0 Å². The zero-order valence-corrected chi connectivity index (χ0v) is 34.4. The number of Topliss-reactive ketones (excluding diaryl/α,β-unsaturated/α-hetero) is 2. The Hall–Kier alpha value is -5.76. The molecule has 0 aliphatic heterocycles. The van der Waals surface area contributed by atoms with Crippen molar-refractivity contribution in [3.05, 3.63) is 118 Å². The summed E-state index contributed by atoms with van der Waals surface area (Å²) in [5, 5.41) is 4.18. The number of nitrogens with one attached hydrogen (secondary N) is 1. The topological polar surface area (TPSA) is 261 Å². The highest BCUT2D eigenvalue weighted by Gasteiger charge is 2.31. The van der Waals surface area contributed by atoms with Crippen LogP contribution in [0.3, 0.4) is 0 Å². The van der Waals surface area contributed by atoms with E-state index in [2.05, 4.69) is 15.3 Å². The van der Waals surface area contributed by atoms with Crippen LogP contribution in [0.15, 0.2) is 107 Å². The highest BCUT2D eigenvalue weighted by Crippen LogP contribution is 2.25. The van der Waals surface area contributed by atoms with Gasteiger partial charge in [0.25, 0.3) is 0 Å². The van der Waals surface area contributed by atoms with Crippen LogP contribution < -0.4 is 39.7 Å². The fourth-order valence-corrected chi connectivity index (χ4v) is 6.88. The Morgan fingerprint density at radius 1 is 0.542 bits per heavy atom. The fourth-order valence-electron chi connectivity index (χ4n) is 6.63. The second-order valence-electron chi connectivity index (χ2n) is 14.5. The summed E-state index contributed by atoms with van der Waals surface area (Å²) < 4.78 is 0. The molecule has 0 heterocycles. The Bertz CT molecular complexity index is 2070. The number of aliphatic imine (C=N–C) groups is 2. The molecular weight excluding hydrogens is 789 g/mol. The van der Waals surface area contributed by atoms with Crippen LogP contribution in [0.5, 0.6) is 0 Å². The van der Waals surface area contributed by atoms with Crippen molar-refractivity contribution in [3.63, 3.8) is 0 Å². The van der Waals surface area contributed by atoms with E-state index in [9.17, 15) is 19.2 Å². The number of hydrogen-bond donors (Lipinski definition) is 7. The van der Waals surface area contributed by atoms with Crippen molar-refractivity contribution in [2.45, 2.75) is 63.5 Å². The zero-order valence-electron chi connectivity index (χ0n) is 32.9. The Kier molecular flexibility index (Phi) is 17.9. The first-order valence-electron chi connectivity index (χ1n) is 19.4. The number of guanidine groups is 2. The SMILES string of the molecule is NC(=O)[C@H](CCCN=C(N)N)CC(=O)[C@H](Cc1ccc(-c2ccc(Cl)cc2)cc1)NC(=O)[C@H](CCCN=C(N)N)CC(=O)[C@H](N)Cc1ccc(-c2ccc(Cl)cc2)cc1. The van der Waals surface area contributed by atoms with Crippen LogP contribution >= 0.6 is 23.2 Å².